The van der Waals surface area contributed by atoms with Crippen LogP contribution in [0.3, 0.4) is 0 Å². The van der Waals surface area contributed by atoms with Gasteiger partial charge in [0, 0.05) is 6.21 Å². The van der Waals surface area contributed by atoms with Gasteiger partial charge in [-0.05, 0) is 49.5 Å². The largest absolute Gasteiger partial charge is 0.301 e. The Morgan fingerprint density at radius 1 is 1.12 bits per heavy atom. The molecule has 132 valence electrons. The smallest absolute Gasteiger partial charge is 0.251 e. The molecule has 26 heavy (non-hydrogen) atoms. The van der Waals surface area contributed by atoms with E-state index >= 15 is 0 Å². The molecule has 0 aromatic heterocycles. The van der Waals surface area contributed by atoms with Gasteiger partial charge < -0.3 is 5.32 Å². The molecule has 1 aliphatic rings. The molecule has 2 amide bonds. The van der Waals surface area contributed by atoms with Crippen LogP contribution < -0.4 is 10.2 Å². The van der Waals surface area contributed by atoms with Gasteiger partial charge in [-0.3, -0.25) is 19.5 Å². The Labute approximate surface area is 165 Å². The van der Waals surface area contributed by atoms with Crippen LogP contribution in [-0.2, 0) is 9.59 Å². The first-order chi connectivity index (χ1) is 12.4. The van der Waals surface area contributed by atoms with Crippen LogP contribution in [0.5, 0.6) is 0 Å². The highest BCUT2D eigenvalue weighted by atomic mass is 35.5. The fraction of sp³-hybridized carbons (Fsp3) is 0.111. The molecule has 0 saturated carbocycles. The first-order valence-corrected chi connectivity index (χ1v) is 8.78. The van der Waals surface area contributed by atoms with E-state index < -0.39 is 17.7 Å². The lowest BCUT2D eigenvalue weighted by Crippen LogP contribution is -2.58. The van der Waals surface area contributed by atoms with Crippen LogP contribution in [-0.4, -0.2) is 23.1 Å². The summed E-state index contributed by atoms with van der Waals surface area (Å²) in [6, 6.07) is 12.0. The zero-order valence-electron chi connectivity index (χ0n) is 13.6. The molecule has 8 heteroatoms. The molecule has 0 bridgehead atoms. The van der Waals surface area contributed by atoms with Crippen molar-refractivity contribution in [3.63, 3.8) is 0 Å². The minimum atomic E-state index is -1.10. The highest BCUT2D eigenvalue weighted by Gasteiger charge is 2.38. The number of carbonyl (C=O) groups is 2. The number of hydrogen-bond acceptors (Lipinski definition) is 4. The van der Waals surface area contributed by atoms with Gasteiger partial charge in [0.15, 0.2) is 11.0 Å². The van der Waals surface area contributed by atoms with Gasteiger partial charge in [-0.25, -0.2) is 0 Å². The Morgan fingerprint density at radius 2 is 1.81 bits per heavy atom. The highest BCUT2D eigenvalue weighted by molar-refractivity contribution is 7.80. The molecular weight excluding hydrogens is 393 g/mol. The Morgan fingerprint density at radius 3 is 2.46 bits per heavy atom. The molecule has 1 saturated heterocycles. The Bertz CT molecular complexity index is 929. The third kappa shape index (κ3) is 3.77. The quantitative estimate of drug-likeness (QED) is 0.475. The number of halogens is 2. The average molecular weight is 406 g/mol. The van der Waals surface area contributed by atoms with Gasteiger partial charge in [0.05, 0.1) is 21.4 Å². The maximum absolute atomic E-state index is 12.8. The molecule has 2 aromatic rings. The van der Waals surface area contributed by atoms with Crippen molar-refractivity contribution in [2.45, 2.75) is 6.92 Å². The zero-order valence-corrected chi connectivity index (χ0v) is 15.9. The van der Waals surface area contributed by atoms with E-state index in [0.29, 0.717) is 21.4 Å². The summed E-state index contributed by atoms with van der Waals surface area (Å²) in [5.74, 6) is -2.09. The molecule has 1 atom stereocenters. The molecule has 0 unspecified atom stereocenters. The predicted octanol–water partition coefficient (Wildman–Crippen LogP) is 4.07. The highest BCUT2D eigenvalue weighted by Crippen LogP contribution is 2.27. The number of hydrogen-bond donors (Lipinski definition) is 1. The van der Waals surface area contributed by atoms with E-state index in [1.54, 1.807) is 30.3 Å². The van der Waals surface area contributed by atoms with E-state index in [2.05, 4.69) is 10.3 Å². The summed E-state index contributed by atoms with van der Waals surface area (Å²) in [6.45, 7) is 1.94. The minimum Gasteiger partial charge on any atom is -0.301 e. The van der Waals surface area contributed by atoms with E-state index in [-0.39, 0.29) is 5.11 Å². The van der Waals surface area contributed by atoms with Crippen molar-refractivity contribution < 1.29 is 9.59 Å². The van der Waals surface area contributed by atoms with Gasteiger partial charge in [-0.15, -0.1) is 0 Å². The standard InChI is InChI=1S/C18H13Cl2N3O2S/c1-10-2-5-12(6-3-10)23-17(25)13(16(24)22-18(23)26)9-21-11-4-7-14(19)15(20)8-11/h2-9,13H,1H3,(H,22,24,26)/t13-/m1/s1. The van der Waals surface area contributed by atoms with Crippen molar-refractivity contribution in [1.29, 1.82) is 0 Å². The lowest BCUT2D eigenvalue weighted by atomic mass is 10.1. The van der Waals surface area contributed by atoms with Crippen molar-refractivity contribution in [1.82, 2.24) is 5.32 Å². The summed E-state index contributed by atoms with van der Waals surface area (Å²) in [5, 5.41) is 3.32. The molecule has 1 N–H and O–H groups in total. The van der Waals surface area contributed by atoms with Gasteiger partial charge >= 0.3 is 0 Å². The topological polar surface area (TPSA) is 61.8 Å². The van der Waals surface area contributed by atoms with Crippen LogP contribution in [0, 0.1) is 12.8 Å². The molecule has 1 heterocycles. The van der Waals surface area contributed by atoms with E-state index in [1.807, 2.05) is 19.1 Å². The summed E-state index contributed by atoms with van der Waals surface area (Å²) >= 11 is 17.0. The van der Waals surface area contributed by atoms with Crippen LogP contribution in [0.15, 0.2) is 47.5 Å². The molecule has 0 radical (unpaired) electrons. The number of carbonyl (C=O) groups excluding carboxylic acids is 2. The van der Waals surface area contributed by atoms with Gasteiger partial charge in [-0.2, -0.15) is 0 Å². The summed E-state index contributed by atoms with van der Waals surface area (Å²) in [7, 11) is 0. The molecule has 1 fully saturated rings. The van der Waals surface area contributed by atoms with Crippen molar-refractivity contribution in [2.75, 3.05) is 4.90 Å². The number of amides is 2. The second kappa shape index (κ2) is 7.53. The monoisotopic (exact) mass is 405 g/mol. The Balaban J connectivity index is 1.88. The van der Waals surface area contributed by atoms with Crippen LogP contribution in [0.2, 0.25) is 10.0 Å². The molecule has 1 aliphatic heterocycles. The van der Waals surface area contributed by atoms with Crippen LogP contribution in [0.1, 0.15) is 5.56 Å². The predicted molar refractivity (Wildman–Crippen MR) is 108 cm³/mol. The van der Waals surface area contributed by atoms with Crippen LogP contribution in [0.4, 0.5) is 11.4 Å². The minimum absolute atomic E-state index is 0.0445. The summed E-state index contributed by atoms with van der Waals surface area (Å²) in [5.41, 5.74) is 2.11. The summed E-state index contributed by atoms with van der Waals surface area (Å²) < 4.78 is 0. The fourth-order valence-corrected chi connectivity index (χ4v) is 2.97. The first kappa shape index (κ1) is 18.5. The number of anilines is 1. The second-order valence-corrected chi connectivity index (χ2v) is 6.86. The van der Waals surface area contributed by atoms with Crippen molar-refractivity contribution in [3.8, 4) is 0 Å². The third-order valence-electron chi connectivity index (χ3n) is 3.77. The molecule has 2 aromatic carbocycles. The number of nitrogens with one attached hydrogen (secondary N) is 1. The number of aliphatic imine (C=N–C) groups is 1. The van der Waals surface area contributed by atoms with E-state index in [0.717, 1.165) is 5.56 Å². The van der Waals surface area contributed by atoms with Crippen LogP contribution >= 0.6 is 35.4 Å². The van der Waals surface area contributed by atoms with Crippen molar-refractivity contribution >= 4 is 69.9 Å². The number of benzene rings is 2. The first-order valence-electron chi connectivity index (χ1n) is 7.61. The third-order valence-corrected chi connectivity index (χ3v) is 4.79. The molecule has 0 aliphatic carbocycles. The lowest BCUT2D eigenvalue weighted by Gasteiger charge is -2.30. The Hall–Kier alpha value is -2.28. The van der Waals surface area contributed by atoms with E-state index in [4.69, 9.17) is 35.4 Å². The fourth-order valence-electron chi connectivity index (χ4n) is 2.39. The van der Waals surface area contributed by atoms with E-state index in [9.17, 15) is 9.59 Å². The number of aryl methyl sites for hydroxylation is 1. The summed E-state index contributed by atoms with van der Waals surface area (Å²) in [6.07, 6.45) is 1.28. The normalized spacial score (nSPS) is 17.7. The maximum Gasteiger partial charge on any atom is 0.251 e. The molecular formula is C18H13Cl2N3O2S. The SMILES string of the molecule is Cc1ccc(N2C(=O)[C@H](C=Nc3ccc(Cl)c(Cl)c3)C(=O)NC2=S)cc1. The van der Waals surface area contributed by atoms with Crippen molar-refractivity contribution in [3.05, 3.63) is 58.1 Å². The van der Waals surface area contributed by atoms with Gasteiger partial charge in [0.1, 0.15) is 0 Å². The molecule has 3 rings (SSSR count). The van der Waals surface area contributed by atoms with Gasteiger partial charge in [0.2, 0.25) is 5.91 Å². The molecule has 0 spiro atoms. The Kier molecular flexibility index (Phi) is 5.36. The zero-order chi connectivity index (χ0) is 18.8. The van der Waals surface area contributed by atoms with Crippen molar-refractivity contribution in [2.24, 2.45) is 10.9 Å². The molecule has 5 nitrogen and oxygen atoms in total. The van der Waals surface area contributed by atoms with Crippen LogP contribution in [0.25, 0.3) is 0 Å². The van der Waals surface area contributed by atoms with Gasteiger partial charge in [0.25, 0.3) is 5.91 Å². The number of rotatable bonds is 3. The summed E-state index contributed by atoms with van der Waals surface area (Å²) in [4.78, 5) is 30.5. The average Bonchev–Trinajstić information content (AvgIpc) is 2.59. The number of thiocarbonyl (C=S) groups is 1. The lowest BCUT2D eigenvalue weighted by molar-refractivity contribution is -0.130. The van der Waals surface area contributed by atoms with Gasteiger partial charge in [-0.1, -0.05) is 40.9 Å². The maximum atomic E-state index is 12.8. The van der Waals surface area contributed by atoms with E-state index in [1.165, 1.54) is 11.1 Å². The second-order valence-electron chi connectivity index (χ2n) is 5.66. The number of nitrogens with zero attached hydrogens (tertiary/aromatic N) is 2.